The van der Waals surface area contributed by atoms with Crippen LogP contribution in [0.25, 0.3) is 10.2 Å². The molecule has 0 aliphatic carbocycles. The lowest BCUT2D eigenvalue weighted by atomic mass is 10.1. The number of aromatic nitrogens is 1. The van der Waals surface area contributed by atoms with Gasteiger partial charge in [-0.1, -0.05) is 35.5 Å². The second-order valence-electron chi connectivity index (χ2n) is 4.84. The zero-order chi connectivity index (χ0) is 17.1. The zero-order valence-corrected chi connectivity index (χ0v) is 14.7. The van der Waals surface area contributed by atoms with Gasteiger partial charge in [-0.05, 0) is 30.3 Å². The number of thiazole rings is 1. The van der Waals surface area contributed by atoms with Crippen LogP contribution in [0.5, 0.6) is 0 Å². The van der Waals surface area contributed by atoms with Crippen molar-refractivity contribution in [3.63, 3.8) is 0 Å². The fraction of sp³-hybridized carbons (Fsp3) is 0.0625. The van der Waals surface area contributed by atoms with E-state index in [1.807, 2.05) is 12.1 Å². The highest BCUT2D eigenvalue weighted by atomic mass is 35.5. The molecule has 1 heterocycles. The van der Waals surface area contributed by atoms with Gasteiger partial charge in [0.15, 0.2) is 4.34 Å². The molecule has 8 heteroatoms. The Morgan fingerprint density at radius 3 is 2.83 bits per heavy atom. The van der Waals surface area contributed by atoms with E-state index in [0.717, 1.165) is 14.6 Å². The highest BCUT2D eigenvalue weighted by Gasteiger charge is 2.12. The molecule has 0 aliphatic heterocycles. The predicted molar refractivity (Wildman–Crippen MR) is 98.9 cm³/mol. The molecule has 0 atom stereocenters. The third-order valence-electron chi connectivity index (χ3n) is 3.12. The van der Waals surface area contributed by atoms with Crippen LogP contribution in [0.3, 0.4) is 0 Å². The number of primary amides is 1. The maximum Gasteiger partial charge on any atom is 0.250 e. The second kappa shape index (κ2) is 7.21. The van der Waals surface area contributed by atoms with Gasteiger partial charge in [0.25, 0.3) is 5.91 Å². The molecule has 122 valence electrons. The number of nitrogens with one attached hydrogen (secondary N) is 1. The molecule has 0 saturated carbocycles. The molecule has 24 heavy (non-hydrogen) atoms. The van der Waals surface area contributed by atoms with Gasteiger partial charge in [0.05, 0.1) is 27.2 Å². The lowest BCUT2D eigenvalue weighted by molar-refractivity contribution is -0.113. The summed E-state index contributed by atoms with van der Waals surface area (Å²) in [6.45, 7) is 0. The summed E-state index contributed by atoms with van der Waals surface area (Å²) in [7, 11) is 0. The molecule has 5 nitrogen and oxygen atoms in total. The minimum Gasteiger partial charge on any atom is -0.366 e. The summed E-state index contributed by atoms with van der Waals surface area (Å²) >= 11 is 8.77. The average Bonchev–Trinajstić information content (AvgIpc) is 2.95. The van der Waals surface area contributed by atoms with Crippen molar-refractivity contribution in [2.75, 3.05) is 11.1 Å². The smallest absolute Gasteiger partial charge is 0.250 e. The van der Waals surface area contributed by atoms with Gasteiger partial charge < -0.3 is 11.1 Å². The number of halogens is 1. The summed E-state index contributed by atoms with van der Waals surface area (Å²) in [6.07, 6.45) is 0. The summed E-state index contributed by atoms with van der Waals surface area (Å²) < 4.78 is 1.80. The number of hydrogen-bond acceptors (Lipinski definition) is 5. The molecule has 0 saturated heterocycles. The van der Waals surface area contributed by atoms with Crippen LogP contribution in [-0.4, -0.2) is 22.6 Å². The third kappa shape index (κ3) is 3.87. The topological polar surface area (TPSA) is 85.1 Å². The largest absolute Gasteiger partial charge is 0.366 e. The number of nitrogens with two attached hydrogens (primary N) is 1. The summed E-state index contributed by atoms with van der Waals surface area (Å²) in [6, 6.07) is 12.1. The van der Waals surface area contributed by atoms with Gasteiger partial charge in [0.2, 0.25) is 5.91 Å². The first-order chi connectivity index (χ1) is 11.5. The fourth-order valence-electron chi connectivity index (χ4n) is 2.06. The van der Waals surface area contributed by atoms with Gasteiger partial charge in [-0.3, -0.25) is 9.59 Å². The van der Waals surface area contributed by atoms with Crippen molar-refractivity contribution < 1.29 is 9.59 Å². The summed E-state index contributed by atoms with van der Waals surface area (Å²) in [5, 5.41) is 3.33. The van der Waals surface area contributed by atoms with Crippen molar-refractivity contribution in [1.82, 2.24) is 4.98 Å². The van der Waals surface area contributed by atoms with Crippen molar-refractivity contribution in [3.05, 3.63) is 53.1 Å². The fourth-order valence-corrected chi connectivity index (χ4v) is 4.08. The standard InChI is InChI=1S/C16H12ClN3O2S2/c17-9-5-6-13-12(7-9)20-16(24-13)23-8-14(21)19-11-4-2-1-3-10(11)15(18)22/h1-7H,8H2,(H2,18,22)(H,19,21). The van der Waals surface area contributed by atoms with E-state index in [1.165, 1.54) is 23.1 Å². The lowest BCUT2D eigenvalue weighted by Gasteiger charge is -2.07. The Kier molecular flexibility index (Phi) is 5.03. The number of nitrogens with zero attached hydrogens (tertiary/aromatic N) is 1. The molecular weight excluding hydrogens is 366 g/mol. The van der Waals surface area contributed by atoms with Crippen molar-refractivity contribution in [3.8, 4) is 0 Å². The summed E-state index contributed by atoms with van der Waals surface area (Å²) in [5.41, 5.74) is 6.80. The first kappa shape index (κ1) is 16.8. The first-order valence-electron chi connectivity index (χ1n) is 6.90. The van der Waals surface area contributed by atoms with E-state index in [-0.39, 0.29) is 17.2 Å². The number of hydrogen-bond donors (Lipinski definition) is 2. The molecule has 1 aromatic heterocycles. The maximum atomic E-state index is 12.1. The normalized spacial score (nSPS) is 10.7. The van der Waals surface area contributed by atoms with Crippen LogP contribution in [0.1, 0.15) is 10.4 Å². The highest BCUT2D eigenvalue weighted by Crippen LogP contribution is 2.31. The van der Waals surface area contributed by atoms with Crippen LogP contribution in [0.2, 0.25) is 5.02 Å². The number of fused-ring (bicyclic) bond motifs is 1. The Morgan fingerprint density at radius 1 is 1.25 bits per heavy atom. The van der Waals surface area contributed by atoms with Crippen LogP contribution in [0.4, 0.5) is 5.69 Å². The number of carbonyl (C=O) groups excluding carboxylic acids is 2. The molecule has 3 rings (SSSR count). The van der Waals surface area contributed by atoms with Gasteiger partial charge in [0.1, 0.15) is 0 Å². The van der Waals surface area contributed by atoms with E-state index in [2.05, 4.69) is 10.3 Å². The number of rotatable bonds is 5. The van der Waals surface area contributed by atoms with Crippen molar-refractivity contribution in [1.29, 1.82) is 0 Å². The molecule has 0 spiro atoms. The first-order valence-corrected chi connectivity index (χ1v) is 9.08. The summed E-state index contributed by atoms with van der Waals surface area (Å²) in [4.78, 5) is 27.9. The van der Waals surface area contributed by atoms with E-state index >= 15 is 0 Å². The average molecular weight is 378 g/mol. The van der Waals surface area contributed by atoms with Gasteiger partial charge >= 0.3 is 0 Å². The molecule has 2 amide bonds. The third-order valence-corrected chi connectivity index (χ3v) is 5.54. The van der Waals surface area contributed by atoms with Crippen LogP contribution in [0, 0.1) is 0 Å². The molecule has 0 aliphatic rings. The minimum atomic E-state index is -0.582. The van der Waals surface area contributed by atoms with Crippen molar-refractivity contribution in [2.24, 2.45) is 5.73 Å². The number of anilines is 1. The van der Waals surface area contributed by atoms with E-state index in [0.29, 0.717) is 10.7 Å². The maximum absolute atomic E-state index is 12.1. The van der Waals surface area contributed by atoms with Crippen LogP contribution in [0.15, 0.2) is 46.8 Å². The zero-order valence-electron chi connectivity index (χ0n) is 12.3. The van der Waals surface area contributed by atoms with E-state index < -0.39 is 5.91 Å². The molecule has 2 aromatic carbocycles. The minimum absolute atomic E-state index is 0.181. The molecular formula is C16H12ClN3O2S2. The predicted octanol–water partition coefficient (Wildman–Crippen LogP) is 3.78. The number of para-hydroxylation sites is 1. The number of carbonyl (C=O) groups is 2. The Hall–Kier alpha value is -2.09. The van der Waals surface area contributed by atoms with Crippen molar-refractivity contribution >= 4 is 62.4 Å². The van der Waals surface area contributed by atoms with Crippen molar-refractivity contribution in [2.45, 2.75) is 4.34 Å². The molecule has 3 N–H and O–H groups in total. The number of amides is 2. The van der Waals surface area contributed by atoms with Crippen LogP contribution < -0.4 is 11.1 Å². The Balaban J connectivity index is 1.66. The van der Waals surface area contributed by atoms with E-state index in [4.69, 9.17) is 17.3 Å². The number of benzene rings is 2. The molecule has 0 bridgehead atoms. The van der Waals surface area contributed by atoms with Gasteiger partial charge in [-0.2, -0.15) is 0 Å². The molecule has 3 aromatic rings. The van der Waals surface area contributed by atoms with E-state index in [1.54, 1.807) is 30.3 Å². The molecule has 0 fully saturated rings. The monoisotopic (exact) mass is 377 g/mol. The quantitative estimate of drug-likeness (QED) is 0.662. The molecule has 0 radical (unpaired) electrons. The van der Waals surface area contributed by atoms with Crippen LogP contribution in [-0.2, 0) is 4.79 Å². The summed E-state index contributed by atoms with van der Waals surface area (Å²) in [5.74, 6) is -0.631. The van der Waals surface area contributed by atoms with Gasteiger partial charge in [-0.15, -0.1) is 11.3 Å². The van der Waals surface area contributed by atoms with Crippen LogP contribution >= 0.6 is 34.7 Å². The van der Waals surface area contributed by atoms with E-state index in [9.17, 15) is 9.59 Å². The highest BCUT2D eigenvalue weighted by molar-refractivity contribution is 8.01. The van der Waals surface area contributed by atoms with Gasteiger partial charge in [-0.25, -0.2) is 4.98 Å². The second-order valence-corrected chi connectivity index (χ2v) is 7.53. The Labute approximate surface area is 151 Å². The Bertz CT molecular complexity index is 927. The molecule has 0 unspecified atom stereocenters. The number of thioether (sulfide) groups is 1. The SMILES string of the molecule is NC(=O)c1ccccc1NC(=O)CSc1nc2cc(Cl)ccc2s1. The van der Waals surface area contributed by atoms with Gasteiger partial charge in [0, 0.05) is 5.02 Å². The Morgan fingerprint density at radius 2 is 2.04 bits per heavy atom. The lowest BCUT2D eigenvalue weighted by Crippen LogP contribution is -2.19.